The van der Waals surface area contributed by atoms with Gasteiger partial charge in [0.05, 0.1) is 13.0 Å². The number of nitrogens with one attached hydrogen (secondary N) is 1. The number of anilines is 1. The minimum Gasteiger partial charge on any atom is -0.383 e. The fraction of sp³-hybridized carbons (Fsp3) is 0.429. The van der Waals surface area contributed by atoms with E-state index in [-0.39, 0.29) is 30.8 Å². The third-order valence-electron chi connectivity index (χ3n) is 3.24. The van der Waals surface area contributed by atoms with E-state index in [9.17, 15) is 9.59 Å². The Morgan fingerprint density at radius 1 is 1.48 bits per heavy atom. The molecule has 116 valence electrons. The summed E-state index contributed by atoms with van der Waals surface area (Å²) in [5.74, 6) is -0.214. The molecular formula is C14H20ClN3O3. The number of fused-ring (bicyclic) bond motifs is 1. The minimum absolute atomic E-state index is 0. The van der Waals surface area contributed by atoms with Crippen LogP contribution < -0.4 is 16.0 Å². The van der Waals surface area contributed by atoms with Crippen LogP contribution >= 0.6 is 12.4 Å². The highest BCUT2D eigenvalue weighted by molar-refractivity contribution is 6.01. The summed E-state index contributed by atoms with van der Waals surface area (Å²) in [5.41, 5.74) is 7.56. The zero-order valence-electron chi connectivity index (χ0n) is 11.9. The first-order valence-electron chi connectivity index (χ1n) is 6.54. The van der Waals surface area contributed by atoms with Gasteiger partial charge in [-0.15, -0.1) is 12.4 Å². The molecule has 21 heavy (non-hydrogen) atoms. The van der Waals surface area contributed by atoms with Crippen molar-refractivity contribution in [2.24, 2.45) is 5.73 Å². The summed E-state index contributed by atoms with van der Waals surface area (Å²) in [7, 11) is 1.49. The predicted octanol–water partition coefficient (Wildman–Crippen LogP) is 0.0874. The van der Waals surface area contributed by atoms with Gasteiger partial charge in [0.25, 0.3) is 0 Å². The van der Waals surface area contributed by atoms with Crippen LogP contribution in [0.25, 0.3) is 0 Å². The van der Waals surface area contributed by atoms with Gasteiger partial charge in [0, 0.05) is 25.9 Å². The first kappa shape index (κ1) is 17.4. The molecular weight excluding hydrogens is 294 g/mol. The number of halogens is 1. The standard InChI is InChI=1S/C14H19N3O3.ClH/c1-20-9-11(15)14(19)16-6-7-17-12-5-3-2-4-10(12)8-13(17)18;/h2-5,11H,6-9,15H2,1H3,(H,16,19);1H. The van der Waals surface area contributed by atoms with Gasteiger partial charge < -0.3 is 20.7 Å². The second-order valence-electron chi connectivity index (χ2n) is 4.70. The molecule has 2 rings (SSSR count). The number of hydrogen-bond donors (Lipinski definition) is 2. The maximum atomic E-state index is 11.9. The average molecular weight is 314 g/mol. The Bertz CT molecular complexity index is 510. The van der Waals surface area contributed by atoms with Crippen molar-refractivity contribution in [3.05, 3.63) is 29.8 Å². The minimum atomic E-state index is -0.679. The Morgan fingerprint density at radius 2 is 2.19 bits per heavy atom. The summed E-state index contributed by atoms with van der Waals surface area (Å²) in [6.07, 6.45) is 0.424. The van der Waals surface area contributed by atoms with Crippen LogP contribution in [0.3, 0.4) is 0 Å². The van der Waals surface area contributed by atoms with Gasteiger partial charge in [-0.05, 0) is 11.6 Å². The molecule has 2 amide bonds. The van der Waals surface area contributed by atoms with Crippen molar-refractivity contribution in [3.63, 3.8) is 0 Å². The molecule has 7 heteroatoms. The number of carbonyl (C=O) groups excluding carboxylic acids is 2. The van der Waals surface area contributed by atoms with E-state index in [4.69, 9.17) is 10.5 Å². The lowest BCUT2D eigenvalue weighted by molar-refractivity contribution is -0.123. The highest BCUT2D eigenvalue weighted by atomic mass is 35.5. The summed E-state index contributed by atoms with van der Waals surface area (Å²) < 4.78 is 4.82. The number of benzene rings is 1. The largest absolute Gasteiger partial charge is 0.383 e. The van der Waals surface area contributed by atoms with Crippen LogP contribution in [0.15, 0.2) is 24.3 Å². The number of para-hydroxylation sites is 1. The second kappa shape index (κ2) is 7.97. The van der Waals surface area contributed by atoms with Crippen LogP contribution in [-0.4, -0.2) is 44.7 Å². The van der Waals surface area contributed by atoms with Gasteiger partial charge in [-0.2, -0.15) is 0 Å². The molecule has 1 aliphatic heterocycles. The average Bonchev–Trinajstić information content (AvgIpc) is 2.75. The molecule has 1 heterocycles. The maximum absolute atomic E-state index is 11.9. The van der Waals surface area contributed by atoms with Crippen molar-refractivity contribution in [1.82, 2.24) is 5.32 Å². The number of carbonyl (C=O) groups is 2. The van der Waals surface area contributed by atoms with E-state index in [1.54, 1.807) is 4.90 Å². The van der Waals surface area contributed by atoms with E-state index in [1.807, 2.05) is 24.3 Å². The fourth-order valence-electron chi connectivity index (χ4n) is 2.24. The molecule has 3 N–H and O–H groups in total. The lowest BCUT2D eigenvalue weighted by atomic mass is 10.2. The molecule has 6 nitrogen and oxygen atoms in total. The van der Waals surface area contributed by atoms with Crippen molar-refractivity contribution in [1.29, 1.82) is 0 Å². The number of amides is 2. The van der Waals surface area contributed by atoms with E-state index >= 15 is 0 Å². The number of methoxy groups -OCH3 is 1. The van der Waals surface area contributed by atoms with Gasteiger partial charge in [0.15, 0.2) is 0 Å². The topological polar surface area (TPSA) is 84.7 Å². The van der Waals surface area contributed by atoms with Crippen molar-refractivity contribution in [2.75, 3.05) is 31.7 Å². The lowest BCUT2D eigenvalue weighted by Gasteiger charge is -2.18. The molecule has 0 bridgehead atoms. The number of rotatable bonds is 6. The Kier molecular flexibility index (Phi) is 6.61. The molecule has 1 aromatic rings. The van der Waals surface area contributed by atoms with Gasteiger partial charge in [0.1, 0.15) is 6.04 Å². The van der Waals surface area contributed by atoms with Crippen LogP contribution in [0.1, 0.15) is 5.56 Å². The summed E-state index contributed by atoms with van der Waals surface area (Å²) in [4.78, 5) is 25.2. The van der Waals surface area contributed by atoms with Crippen LogP contribution in [-0.2, 0) is 20.7 Å². The lowest BCUT2D eigenvalue weighted by Crippen LogP contribution is -2.46. The Hall–Kier alpha value is -1.63. The molecule has 1 aromatic carbocycles. The van der Waals surface area contributed by atoms with Gasteiger partial charge in [-0.1, -0.05) is 18.2 Å². The van der Waals surface area contributed by atoms with Crippen LogP contribution in [0.5, 0.6) is 0 Å². The summed E-state index contributed by atoms with van der Waals surface area (Å²) in [6.45, 7) is 0.995. The normalized spacial score (nSPS) is 14.4. The summed E-state index contributed by atoms with van der Waals surface area (Å²) in [5, 5.41) is 2.71. The van der Waals surface area contributed by atoms with Crippen molar-refractivity contribution in [2.45, 2.75) is 12.5 Å². The number of ether oxygens (including phenoxy) is 1. The monoisotopic (exact) mass is 313 g/mol. The molecule has 0 radical (unpaired) electrons. The first-order valence-corrected chi connectivity index (χ1v) is 6.54. The molecule has 1 unspecified atom stereocenters. The third-order valence-corrected chi connectivity index (χ3v) is 3.24. The van der Waals surface area contributed by atoms with Crippen molar-refractivity contribution in [3.8, 4) is 0 Å². The van der Waals surface area contributed by atoms with Gasteiger partial charge in [-0.25, -0.2) is 0 Å². The van der Waals surface area contributed by atoms with E-state index in [1.165, 1.54) is 7.11 Å². The second-order valence-corrected chi connectivity index (χ2v) is 4.70. The quantitative estimate of drug-likeness (QED) is 0.779. The van der Waals surface area contributed by atoms with Gasteiger partial charge in [-0.3, -0.25) is 9.59 Å². The van der Waals surface area contributed by atoms with Crippen LogP contribution in [0.4, 0.5) is 5.69 Å². The van der Waals surface area contributed by atoms with E-state index in [0.717, 1.165) is 11.3 Å². The van der Waals surface area contributed by atoms with Crippen molar-refractivity contribution < 1.29 is 14.3 Å². The fourth-order valence-corrected chi connectivity index (χ4v) is 2.24. The SMILES string of the molecule is COCC(N)C(=O)NCCN1C(=O)Cc2ccccc21.Cl. The maximum Gasteiger partial charge on any atom is 0.239 e. The zero-order valence-corrected chi connectivity index (χ0v) is 12.7. The number of hydrogen-bond acceptors (Lipinski definition) is 4. The molecule has 0 spiro atoms. The molecule has 0 fully saturated rings. The Morgan fingerprint density at radius 3 is 2.90 bits per heavy atom. The van der Waals surface area contributed by atoms with Crippen LogP contribution in [0.2, 0.25) is 0 Å². The number of nitrogens with two attached hydrogens (primary N) is 1. The molecule has 0 aromatic heterocycles. The zero-order chi connectivity index (χ0) is 14.5. The molecule has 1 aliphatic rings. The molecule has 1 atom stereocenters. The summed E-state index contributed by atoms with van der Waals surface area (Å²) in [6, 6.07) is 7.00. The van der Waals surface area contributed by atoms with Crippen molar-refractivity contribution >= 4 is 29.9 Å². The highest BCUT2D eigenvalue weighted by Crippen LogP contribution is 2.27. The van der Waals surface area contributed by atoms with Gasteiger partial charge in [0.2, 0.25) is 11.8 Å². The smallest absolute Gasteiger partial charge is 0.239 e. The first-order chi connectivity index (χ1) is 9.63. The molecule has 0 saturated carbocycles. The Balaban J connectivity index is 0.00000220. The highest BCUT2D eigenvalue weighted by Gasteiger charge is 2.26. The molecule has 0 aliphatic carbocycles. The molecule has 0 saturated heterocycles. The predicted molar refractivity (Wildman–Crippen MR) is 82.6 cm³/mol. The third kappa shape index (κ3) is 4.17. The Labute approximate surface area is 130 Å². The van der Waals surface area contributed by atoms with E-state index in [2.05, 4.69) is 5.32 Å². The summed E-state index contributed by atoms with van der Waals surface area (Å²) >= 11 is 0. The van der Waals surface area contributed by atoms with E-state index in [0.29, 0.717) is 19.5 Å². The number of nitrogens with zero attached hydrogens (tertiary/aromatic N) is 1. The van der Waals surface area contributed by atoms with Gasteiger partial charge >= 0.3 is 0 Å². The van der Waals surface area contributed by atoms with E-state index < -0.39 is 6.04 Å². The van der Waals surface area contributed by atoms with Crippen LogP contribution in [0, 0.1) is 0 Å².